The topological polar surface area (TPSA) is 118 Å². The molecule has 40 heavy (non-hydrogen) atoms. The van der Waals surface area contributed by atoms with E-state index >= 15 is 0 Å². The molecule has 2 amide bonds. The standard InChI is InChI=1S/C27H29ClF2N3O6P/c1-15(19-5-4-6-22(28)26(19)30)31-27(36)24-9-17(29)11-33(24)25(35)13-32-12-21(16(2)34)20-8-7-18(10-23(20)32)39-14-40(3,37)38/h4-8,10,12,15,17,24H,9,11,13-14H2,1-3H3,(H,31,36)(H,37,38)/t15-,17-,24+/m1/s1. The van der Waals surface area contributed by atoms with Crippen LogP contribution in [0.3, 0.4) is 0 Å². The molecule has 1 unspecified atom stereocenters. The summed E-state index contributed by atoms with van der Waals surface area (Å²) in [6.45, 7) is 3.49. The number of amides is 2. The Labute approximate surface area is 234 Å². The van der Waals surface area contributed by atoms with Crippen LogP contribution < -0.4 is 10.1 Å². The van der Waals surface area contributed by atoms with Crippen LogP contribution in [0, 0.1) is 5.82 Å². The maximum atomic E-state index is 14.5. The molecule has 1 aromatic heterocycles. The summed E-state index contributed by atoms with van der Waals surface area (Å²) in [6.07, 6.45) is -0.579. The fourth-order valence-corrected chi connectivity index (χ4v) is 5.33. The Balaban J connectivity index is 1.56. The van der Waals surface area contributed by atoms with E-state index in [0.717, 1.165) is 11.6 Å². The van der Waals surface area contributed by atoms with Gasteiger partial charge in [-0.15, -0.1) is 0 Å². The number of fused-ring (bicyclic) bond motifs is 1. The molecule has 0 radical (unpaired) electrons. The Bertz CT molecular complexity index is 1520. The molecule has 0 saturated carbocycles. The zero-order valence-electron chi connectivity index (χ0n) is 22.1. The highest BCUT2D eigenvalue weighted by Gasteiger charge is 2.40. The van der Waals surface area contributed by atoms with Crippen molar-refractivity contribution in [2.75, 3.05) is 19.6 Å². The van der Waals surface area contributed by atoms with E-state index in [1.165, 1.54) is 35.9 Å². The lowest BCUT2D eigenvalue weighted by Crippen LogP contribution is -2.47. The van der Waals surface area contributed by atoms with Crippen LogP contribution >= 0.6 is 19.0 Å². The smallest absolute Gasteiger partial charge is 0.243 e. The van der Waals surface area contributed by atoms with Crippen LogP contribution in [-0.4, -0.2) is 63.7 Å². The lowest BCUT2D eigenvalue weighted by molar-refractivity contribution is -0.139. The number of ether oxygens (including phenoxy) is 1. The molecule has 4 rings (SSSR count). The number of rotatable bonds is 9. The van der Waals surface area contributed by atoms with Crippen molar-refractivity contribution in [3.63, 3.8) is 0 Å². The van der Waals surface area contributed by atoms with Crippen molar-refractivity contribution in [3.8, 4) is 5.75 Å². The summed E-state index contributed by atoms with van der Waals surface area (Å²) in [5.41, 5.74) is 0.943. The predicted octanol–water partition coefficient (Wildman–Crippen LogP) is 4.69. The average Bonchev–Trinajstić information content (AvgIpc) is 3.44. The highest BCUT2D eigenvalue weighted by Crippen LogP contribution is 2.36. The van der Waals surface area contributed by atoms with Crippen LogP contribution in [0.5, 0.6) is 5.75 Å². The molecule has 1 aliphatic heterocycles. The molecule has 214 valence electrons. The molecule has 0 spiro atoms. The van der Waals surface area contributed by atoms with Gasteiger partial charge in [-0.3, -0.25) is 18.9 Å². The number of benzene rings is 2. The maximum absolute atomic E-state index is 14.5. The van der Waals surface area contributed by atoms with Crippen LogP contribution in [0.1, 0.15) is 42.2 Å². The fraction of sp³-hybridized carbons (Fsp3) is 0.370. The molecule has 2 aromatic carbocycles. The molecule has 0 aliphatic carbocycles. The van der Waals surface area contributed by atoms with Gasteiger partial charge in [0.05, 0.1) is 23.1 Å². The molecule has 1 aliphatic rings. The average molecular weight is 596 g/mol. The van der Waals surface area contributed by atoms with Crippen molar-refractivity contribution in [3.05, 3.63) is 64.6 Å². The van der Waals surface area contributed by atoms with Crippen molar-refractivity contribution in [1.82, 2.24) is 14.8 Å². The first-order chi connectivity index (χ1) is 18.7. The minimum Gasteiger partial charge on any atom is -0.483 e. The molecule has 9 nitrogen and oxygen atoms in total. The Hall–Kier alpha value is -3.27. The number of ketones is 1. The molecule has 0 bridgehead atoms. The van der Waals surface area contributed by atoms with Gasteiger partial charge in [0, 0.05) is 41.9 Å². The van der Waals surface area contributed by atoms with Crippen LogP contribution in [0.2, 0.25) is 5.02 Å². The summed E-state index contributed by atoms with van der Waals surface area (Å²) in [5.74, 6) is -1.86. The predicted molar refractivity (Wildman–Crippen MR) is 146 cm³/mol. The Morgan fingerprint density at radius 2 is 2.00 bits per heavy atom. The third kappa shape index (κ3) is 6.54. The minimum absolute atomic E-state index is 0.0994. The first kappa shape index (κ1) is 29.7. The monoisotopic (exact) mass is 595 g/mol. The number of alkyl halides is 1. The van der Waals surface area contributed by atoms with Gasteiger partial charge in [0.15, 0.2) is 12.1 Å². The number of hydrogen-bond acceptors (Lipinski definition) is 5. The number of halogens is 3. The molecule has 1 saturated heterocycles. The normalized spacial score (nSPS) is 19.3. The number of nitrogens with zero attached hydrogens (tertiary/aromatic N) is 2. The Morgan fingerprint density at radius 3 is 2.67 bits per heavy atom. The lowest BCUT2D eigenvalue weighted by Gasteiger charge is -2.26. The van der Waals surface area contributed by atoms with Crippen molar-refractivity contribution in [1.29, 1.82) is 0 Å². The number of Topliss-reactive ketones (excluding diaryl/α,β-unsaturated/α-hetero) is 1. The van der Waals surface area contributed by atoms with E-state index in [-0.39, 0.29) is 41.6 Å². The van der Waals surface area contributed by atoms with Gasteiger partial charge in [-0.25, -0.2) is 8.78 Å². The van der Waals surface area contributed by atoms with E-state index < -0.39 is 49.6 Å². The molecule has 2 heterocycles. The van der Waals surface area contributed by atoms with E-state index in [4.69, 9.17) is 16.3 Å². The summed E-state index contributed by atoms with van der Waals surface area (Å²) < 4.78 is 47.5. The molecule has 2 N–H and O–H groups in total. The number of nitrogens with one attached hydrogen (secondary N) is 1. The molecule has 13 heteroatoms. The third-order valence-corrected chi connectivity index (χ3v) is 7.59. The summed E-state index contributed by atoms with van der Waals surface area (Å²) in [6, 6.07) is 7.19. The molecular weight excluding hydrogens is 567 g/mol. The van der Waals surface area contributed by atoms with Crippen LogP contribution in [0.4, 0.5) is 8.78 Å². The SMILES string of the molecule is CC(=O)c1cn(CC(=O)N2C[C@H](F)C[C@H]2C(=O)N[C@H](C)c2cccc(Cl)c2F)c2cc(OCP(C)(=O)O)ccc12. The first-order valence-electron chi connectivity index (χ1n) is 12.5. The van der Waals surface area contributed by atoms with Gasteiger partial charge < -0.3 is 24.4 Å². The second-order valence-corrected chi connectivity index (χ2v) is 12.8. The van der Waals surface area contributed by atoms with Crippen molar-refractivity contribution in [2.45, 2.75) is 45.1 Å². The second-order valence-electron chi connectivity index (χ2n) is 10.00. The number of carbonyl (C=O) groups excluding carboxylic acids is 3. The highest BCUT2D eigenvalue weighted by atomic mass is 35.5. The highest BCUT2D eigenvalue weighted by molar-refractivity contribution is 7.56. The van der Waals surface area contributed by atoms with Gasteiger partial charge >= 0.3 is 0 Å². The zero-order valence-corrected chi connectivity index (χ0v) is 23.7. The van der Waals surface area contributed by atoms with Crippen LogP contribution in [-0.2, 0) is 20.7 Å². The van der Waals surface area contributed by atoms with E-state index in [1.54, 1.807) is 25.1 Å². The second kappa shape index (κ2) is 11.7. The Kier molecular flexibility index (Phi) is 8.68. The van der Waals surface area contributed by atoms with Gasteiger partial charge in [0.2, 0.25) is 19.2 Å². The van der Waals surface area contributed by atoms with Crippen molar-refractivity contribution in [2.24, 2.45) is 0 Å². The van der Waals surface area contributed by atoms with Gasteiger partial charge in [0.25, 0.3) is 0 Å². The molecular formula is C27H29ClF2N3O6P. The van der Waals surface area contributed by atoms with Gasteiger partial charge in [-0.1, -0.05) is 23.7 Å². The summed E-state index contributed by atoms with van der Waals surface area (Å²) in [4.78, 5) is 49.4. The van der Waals surface area contributed by atoms with E-state index in [2.05, 4.69) is 5.32 Å². The molecule has 1 fully saturated rings. The molecule has 4 atom stereocenters. The van der Waals surface area contributed by atoms with Gasteiger partial charge in [-0.2, -0.15) is 0 Å². The van der Waals surface area contributed by atoms with E-state index in [0.29, 0.717) is 16.5 Å². The van der Waals surface area contributed by atoms with E-state index in [9.17, 15) is 32.6 Å². The maximum Gasteiger partial charge on any atom is 0.243 e. The Morgan fingerprint density at radius 1 is 1.27 bits per heavy atom. The van der Waals surface area contributed by atoms with Gasteiger partial charge in [0.1, 0.15) is 30.3 Å². The van der Waals surface area contributed by atoms with Crippen molar-refractivity contribution >= 4 is 47.5 Å². The number of carbonyl (C=O) groups is 3. The van der Waals surface area contributed by atoms with E-state index in [1.807, 2.05) is 0 Å². The fourth-order valence-electron chi connectivity index (χ4n) is 4.75. The van der Waals surface area contributed by atoms with Crippen LogP contribution in [0.25, 0.3) is 10.9 Å². The molecule has 3 aromatic rings. The third-order valence-electron chi connectivity index (χ3n) is 6.69. The number of likely N-dealkylation sites (tertiary alicyclic amines) is 1. The zero-order chi connectivity index (χ0) is 29.4. The number of aromatic nitrogens is 1. The largest absolute Gasteiger partial charge is 0.483 e. The quantitative estimate of drug-likeness (QED) is 0.274. The van der Waals surface area contributed by atoms with Gasteiger partial charge in [-0.05, 0) is 32.0 Å². The summed E-state index contributed by atoms with van der Waals surface area (Å²) >= 11 is 5.85. The lowest BCUT2D eigenvalue weighted by atomic mass is 10.1. The minimum atomic E-state index is -3.45. The first-order valence-corrected chi connectivity index (χ1v) is 15.2. The van der Waals surface area contributed by atoms with Crippen molar-refractivity contribution < 1.29 is 37.4 Å². The summed E-state index contributed by atoms with van der Waals surface area (Å²) in [5, 5.41) is 3.08. The number of hydrogen-bond donors (Lipinski definition) is 2. The summed E-state index contributed by atoms with van der Waals surface area (Å²) in [7, 11) is -3.45. The van der Waals surface area contributed by atoms with Crippen LogP contribution in [0.15, 0.2) is 42.6 Å².